The van der Waals surface area contributed by atoms with Crippen LogP contribution in [0.15, 0.2) is 29.3 Å². The molecule has 0 aliphatic heterocycles. The minimum atomic E-state index is 0.819. The highest BCUT2D eigenvalue weighted by atomic mass is 32.2. The Balaban J connectivity index is 2.06. The summed E-state index contributed by atoms with van der Waals surface area (Å²) in [5.74, 6) is 2.68. The van der Waals surface area contributed by atoms with Crippen LogP contribution in [0.1, 0.15) is 35.9 Å². The quantitative estimate of drug-likeness (QED) is 0.629. The van der Waals surface area contributed by atoms with E-state index < -0.39 is 0 Å². The Hall–Kier alpha value is -1.55. The molecule has 2 aromatic rings. The SMILES string of the molecule is CCCNc1cc(SCc2cc(C)cc(C)c2)nc(C)n1. The molecule has 0 aliphatic carbocycles. The van der Waals surface area contributed by atoms with Crippen LogP contribution in [-0.2, 0) is 5.75 Å². The number of rotatable bonds is 6. The van der Waals surface area contributed by atoms with Crippen molar-refractivity contribution in [1.82, 2.24) is 9.97 Å². The lowest BCUT2D eigenvalue weighted by Crippen LogP contribution is -2.04. The number of nitrogens with one attached hydrogen (secondary N) is 1. The van der Waals surface area contributed by atoms with Gasteiger partial charge < -0.3 is 5.32 Å². The third-order valence-electron chi connectivity index (χ3n) is 3.04. The van der Waals surface area contributed by atoms with E-state index >= 15 is 0 Å². The predicted octanol–water partition coefficient (Wildman–Crippen LogP) is 4.52. The van der Waals surface area contributed by atoms with Gasteiger partial charge in [0.25, 0.3) is 0 Å². The summed E-state index contributed by atoms with van der Waals surface area (Å²) in [5.41, 5.74) is 3.97. The van der Waals surface area contributed by atoms with Crippen LogP contribution in [0.2, 0.25) is 0 Å². The Morgan fingerprint density at radius 3 is 2.38 bits per heavy atom. The van der Waals surface area contributed by atoms with Crippen LogP contribution in [0.3, 0.4) is 0 Å². The Kier molecular flexibility index (Phi) is 5.62. The van der Waals surface area contributed by atoms with Crippen LogP contribution < -0.4 is 5.32 Å². The fourth-order valence-electron chi connectivity index (χ4n) is 2.27. The summed E-state index contributed by atoms with van der Waals surface area (Å²) in [5, 5.41) is 4.36. The molecule has 1 N–H and O–H groups in total. The van der Waals surface area contributed by atoms with Crippen molar-refractivity contribution >= 4 is 17.6 Å². The van der Waals surface area contributed by atoms with Crippen LogP contribution in [0.25, 0.3) is 0 Å². The van der Waals surface area contributed by atoms with Crippen LogP contribution in [0, 0.1) is 20.8 Å². The van der Waals surface area contributed by atoms with Gasteiger partial charge in [0.1, 0.15) is 16.7 Å². The van der Waals surface area contributed by atoms with Gasteiger partial charge in [-0.05, 0) is 32.8 Å². The van der Waals surface area contributed by atoms with E-state index in [1.807, 2.05) is 13.0 Å². The second-order valence-corrected chi connectivity index (χ2v) is 6.35. The van der Waals surface area contributed by atoms with Gasteiger partial charge in [-0.3, -0.25) is 0 Å². The molecule has 0 amide bonds. The monoisotopic (exact) mass is 301 g/mol. The number of hydrogen-bond donors (Lipinski definition) is 1. The third-order valence-corrected chi connectivity index (χ3v) is 4.02. The van der Waals surface area contributed by atoms with Crippen molar-refractivity contribution in [2.75, 3.05) is 11.9 Å². The van der Waals surface area contributed by atoms with Gasteiger partial charge in [-0.2, -0.15) is 0 Å². The van der Waals surface area contributed by atoms with Gasteiger partial charge >= 0.3 is 0 Å². The molecule has 0 aliphatic rings. The van der Waals surface area contributed by atoms with E-state index in [-0.39, 0.29) is 0 Å². The van der Waals surface area contributed by atoms with Crippen LogP contribution in [0.4, 0.5) is 5.82 Å². The average molecular weight is 301 g/mol. The van der Waals surface area contributed by atoms with Gasteiger partial charge in [-0.1, -0.05) is 36.2 Å². The molecule has 1 aromatic carbocycles. The van der Waals surface area contributed by atoms with Gasteiger partial charge in [0.05, 0.1) is 0 Å². The van der Waals surface area contributed by atoms with E-state index in [0.29, 0.717) is 0 Å². The molecule has 0 spiro atoms. The molecular formula is C17H23N3S. The Labute approximate surface area is 131 Å². The van der Waals surface area contributed by atoms with Crippen molar-refractivity contribution in [3.8, 4) is 0 Å². The van der Waals surface area contributed by atoms with E-state index in [1.165, 1.54) is 16.7 Å². The Bertz CT molecular complexity index is 591. The lowest BCUT2D eigenvalue weighted by Gasteiger charge is -2.08. The first-order valence-electron chi connectivity index (χ1n) is 7.36. The Morgan fingerprint density at radius 1 is 1.00 bits per heavy atom. The number of benzene rings is 1. The molecule has 112 valence electrons. The molecular weight excluding hydrogens is 278 g/mol. The minimum Gasteiger partial charge on any atom is -0.370 e. The first-order chi connectivity index (χ1) is 10.1. The van der Waals surface area contributed by atoms with Crippen molar-refractivity contribution in [2.45, 2.75) is 44.9 Å². The number of thioether (sulfide) groups is 1. The zero-order valence-electron chi connectivity index (χ0n) is 13.2. The molecule has 3 nitrogen and oxygen atoms in total. The van der Waals surface area contributed by atoms with Gasteiger partial charge in [0.15, 0.2) is 0 Å². The predicted molar refractivity (Wildman–Crippen MR) is 91.0 cm³/mol. The molecule has 0 atom stereocenters. The average Bonchev–Trinajstić information content (AvgIpc) is 2.41. The zero-order chi connectivity index (χ0) is 15.2. The Morgan fingerprint density at radius 2 is 1.71 bits per heavy atom. The molecule has 0 saturated heterocycles. The molecule has 0 saturated carbocycles. The maximum atomic E-state index is 4.51. The highest BCUT2D eigenvalue weighted by Gasteiger charge is 2.04. The minimum absolute atomic E-state index is 0.819. The van der Waals surface area contributed by atoms with Gasteiger partial charge in [0.2, 0.25) is 0 Å². The summed E-state index contributed by atoms with van der Waals surface area (Å²) in [6.07, 6.45) is 1.09. The highest BCUT2D eigenvalue weighted by Crippen LogP contribution is 2.24. The van der Waals surface area contributed by atoms with E-state index in [9.17, 15) is 0 Å². The van der Waals surface area contributed by atoms with Crippen molar-refractivity contribution in [2.24, 2.45) is 0 Å². The standard InChI is InChI=1S/C17H23N3S/c1-5-6-18-16-10-17(20-14(4)19-16)21-11-15-8-12(2)7-13(3)9-15/h7-10H,5-6,11H2,1-4H3,(H,18,19,20). The second kappa shape index (κ2) is 7.46. The molecule has 21 heavy (non-hydrogen) atoms. The van der Waals surface area contributed by atoms with Crippen LogP contribution in [0.5, 0.6) is 0 Å². The van der Waals surface area contributed by atoms with Crippen LogP contribution >= 0.6 is 11.8 Å². The van der Waals surface area contributed by atoms with Crippen molar-refractivity contribution < 1.29 is 0 Å². The lowest BCUT2D eigenvalue weighted by atomic mass is 10.1. The lowest BCUT2D eigenvalue weighted by molar-refractivity contribution is 0.928. The number of nitrogens with zero attached hydrogens (tertiary/aromatic N) is 2. The first kappa shape index (κ1) is 15.8. The first-order valence-corrected chi connectivity index (χ1v) is 8.35. The molecule has 4 heteroatoms. The largest absolute Gasteiger partial charge is 0.370 e. The second-order valence-electron chi connectivity index (χ2n) is 5.35. The van der Waals surface area contributed by atoms with Crippen molar-refractivity contribution in [3.05, 3.63) is 46.8 Å². The number of anilines is 1. The fraction of sp³-hybridized carbons (Fsp3) is 0.412. The van der Waals surface area contributed by atoms with Gasteiger partial charge in [-0.25, -0.2) is 9.97 Å². The van der Waals surface area contributed by atoms with Crippen LogP contribution in [-0.4, -0.2) is 16.5 Å². The third kappa shape index (κ3) is 5.05. The molecule has 2 rings (SSSR count). The number of aromatic nitrogens is 2. The normalized spacial score (nSPS) is 10.7. The van der Waals surface area contributed by atoms with Crippen molar-refractivity contribution in [3.63, 3.8) is 0 Å². The molecule has 1 heterocycles. The van der Waals surface area contributed by atoms with Gasteiger partial charge in [-0.15, -0.1) is 11.8 Å². The summed E-state index contributed by atoms with van der Waals surface area (Å²) >= 11 is 1.76. The maximum absolute atomic E-state index is 4.51. The molecule has 0 bridgehead atoms. The molecule has 0 unspecified atom stereocenters. The maximum Gasteiger partial charge on any atom is 0.130 e. The van der Waals surface area contributed by atoms with E-state index in [2.05, 4.69) is 54.3 Å². The van der Waals surface area contributed by atoms with E-state index in [1.54, 1.807) is 11.8 Å². The zero-order valence-corrected chi connectivity index (χ0v) is 14.0. The molecule has 0 radical (unpaired) electrons. The summed E-state index contributed by atoms with van der Waals surface area (Å²) in [6.45, 7) is 9.32. The summed E-state index contributed by atoms with van der Waals surface area (Å²) in [7, 11) is 0. The van der Waals surface area contributed by atoms with Gasteiger partial charge in [0, 0.05) is 18.4 Å². The van der Waals surface area contributed by atoms with Crippen molar-refractivity contribution in [1.29, 1.82) is 0 Å². The molecule has 0 fully saturated rings. The summed E-state index contributed by atoms with van der Waals surface area (Å²) < 4.78 is 0. The molecule has 1 aromatic heterocycles. The topological polar surface area (TPSA) is 37.8 Å². The number of aryl methyl sites for hydroxylation is 3. The summed E-state index contributed by atoms with van der Waals surface area (Å²) in [4.78, 5) is 8.93. The summed E-state index contributed by atoms with van der Waals surface area (Å²) in [6, 6.07) is 8.72. The highest BCUT2D eigenvalue weighted by molar-refractivity contribution is 7.98. The number of hydrogen-bond acceptors (Lipinski definition) is 4. The smallest absolute Gasteiger partial charge is 0.130 e. The fourth-order valence-corrected chi connectivity index (χ4v) is 3.14. The van der Waals surface area contributed by atoms with E-state index in [0.717, 1.165) is 35.4 Å². The van der Waals surface area contributed by atoms with E-state index in [4.69, 9.17) is 0 Å².